The summed E-state index contributed by atoms with van der Waals surface area (Å²) in [6.45, 7) is -0.00765. The summed E-state index contributed by atoms with van der Waals surface area (Å²) in [7, 11) is -0.268. The third-order valence-electron chi connectivity index (χ3n) is 3.39. The highest BCUT2D eigenvalue weighted by Crippen LogP contribution is 2.30. The van der Waals surface area contributed by atoms with Crippen molar-refractivity contribution in [2.75, 3.05) is 19.0 Å². The van der Waals surface area contributed by atoms with Crippen molar-refractivity contribution in [2.24, 2.45) is 0 Å². The van der Waals surface area contributed by atoms with Gasteiger partial charge < -0.3 is 4.90 Å². The summed E-state index contributed by atoms with van der Waals surface area (Å²) < 4.78 is 64.7. The van der Waals surface area contributed by atoms with Crippen LogP contribution >= 0.6 is 0 Å². The predicted molar refractivity (Wildman–Crippen MR) is 86.2 cm³/mol. The lowest BCUT2D eigenvalue weighted by Gasteiger charge is -2.13. The molecule has 0 aliphatic rings. The van der Waals surface area contributed by atoms with Crippen LogP contribution in [0.1, 0.15) is 11.1 Å². The van der Waals surface area contributed by atoms with Crippen molar-refractivity contribution in [3.63, 3.8) is 0 Å². The number of halogens is 3. The number of hydrogen-bond acceptors (Lipinski definition) is 3. The Bertz CT molecular complexity index is 801. The molecule has 0 heterocycles. The summed E-state index contributed by atoms with van der Waals surface area (Å²) in [6, 6.07) is 10.8. The zero-order chi connectivity index (χ0) is 18.0. The molecule has 2 rings (SSSR count). The van der Waals surface area contributed by atoms with Gasteiger partial charge in [0.15, 0.2) is 0 Å². The average molecular weight is 358 g/mol. The lowest BCUT2D eigenvalue weighted by molar-refractivity contribution is -0.137. The molecule has 4 nitrogen and oxygen atoms in total. The van der Waals surface area contributed by atoms with Crippen LogP contribution in [0.3, 0.4) is 0 Å². The molecule has 0 spiro atoms. The Hall–Kier alpha value is -2.06. The zero-order valence-electron chi connectivity index (χ0n) is 13.1. The number of rotatable bonds is 5. The van der Waals surface area contributed by atoms with Gasteiger partial charge in [0.2, 0.25) is 10.0 Å². The number of nitrogens with zero attached hydrogens (tertiary/aromatic N) is 1. The van der Waals surface area contributed by atoms with E-state index in [2.05, 4.69) is 4.72 Å². The van der Waals surface area contributed by atoms with Crippen molar-refractivity contribution in [3.8, 4) is 0 Å². The van der Waals surface area contributed by atoms with Gasteiger partial charge in [0, 0.05) is 26.3 Å². The summed E-state index contributed by atoms with van der Waals surface area (Å²) in [6.07, 6.45) is -4.59. The van der Waals surface area contributed by atoms with Gasteiger partial charge in [0.25, 0.3) is 0 Å². The number of anilines is 1. The lowest BCUT2D eigenvalue weighted by Crippen LogP contribution is -2.23. The second-order valence-corrected chi connectivity index (χ2v) is 7.18. The first kappa shape index (κ1) is 18.3. The molecule has 0 atom stereocenters. The summed E-state index contributed by atoms with van der Waals surface area (Å²) in [5.74, 6) is 0. The molecule has 0 saturated heterocycles. The van der Waals surface area contributed by atoms with Crippen LogP contribution in [0.2, 0.25) is 0 Å². The molecule has 0 saturated carbocycles. The van der Waals surface area contributed by atoms with Gasteiger partial charge in [-0.2, -0.15) is 13.2 Å². The molecule has 0 fully saturated rings. The van der Waals surface area contributed by atoms with Crippen molar-refractivity contribution >= 4 is 15.7 Å². The van der Waals surface area contributed by atoms with Gasteiger partial charge in [-0.25, -0.2) is 13.1 Å². The van der Waals surface area contributed by atoms with Crippen LogP contribution in [0.4, 0.5) is 18.9 Å². The number of nitrogens with one attached hydrogen (secondary N) is 1. The largest absolute Gasteiger partial charge is 0.416 e. The maximum absolute atomic E-state index is 12.7. The molecule has 0 aliphatic carbocycles. The minimum Gasteiger partial charge on any atom is -0.378 e. The molecule has 2 aromatic rings. The second-order valence-electron chi connectivity index (χ2n) is 5.41. The van der Waals surface area contributed by atoms with Crippen molar-refractivity contribution in [2.45, 2.75) is 17.6 Å². The fourth-order valence-corrected chi connectivity index (χ4v) is 3.08. The van der Waals surface area contributed by atoms with Crippen LogP contribution in [0, 0.1) is 0 Å². The minimum atomic E-state index is -4.59. The molecule has 2 aromatic carbocycles. The molecule has 0 amide bonds. The Morgan fingerprint density at radius 2 is 1.67 bits per heavy atom. The maximum atomic E-state index is 12.7. The summed E-state index contributed by atoms with van der Waals surface area (Å²) in [5, 5.41) is 0. The number of alkyl halides is 3. The molecule has 0 radical (unpaired) electrons. The van der Waals surface area contributed by atoms with E-state index in [1.165, 1.54) is 0 Å². The third kappa shape index (κ3) is 4.48. The number of hydrogen-bond donors (Lipinski definition) is 1. The second kappa shape index (κ2) is 6.82. The van der Waals surface area contributed by atoms with Crippen LogP contribution in [-0.2, 0) is 22.7 Å². The van der Waals surface area contributed by atoms with Gasteiger partial charge >= 0.3 is 6.18 Å². The van der Waals surface area contributed by atoms with Gasteiger partial charge in [0.1, 0.15) is 0 Å². The number of sulfonamides is 1. The quantitative estimate of drug-likeness (QED) is 0.893. The highest BCUT2D eigenvalue weighted by molar-refractivity contribution is 7.89. The van der Waals surface area contributed by atoms with E-state index in [4.69, 9.17) is 0 Å². The molecule has 0 aliphatic heterocycles. The minimum absolute atomic E-state index is 0.00765. The fraction of sp³-hybridized carbons (Fsp3) is 0.250. The van der Waals surface area contributed by atoms with E-state index in [9.17, 15) is 21.6 Å². The molecule has 0 bridgehead atoms. The molecule has 130 valence electrons. The highest BCUT2D eigenvalue weighted by atomic mass is 32.2. The van der Waals surface area contributed by atoms with Crippen LogP contribution in [0.25, 0.3) is 0 Å². The van der Waals surface area contributed by atoms with E-state index >= 15 is 0 Å². The Morgan fingerprint density at radius 1 is 1.04 bits per heavy atom. The van der Waals surface area contributed by atoms with Gasteiger partial charge in [-0.15, -0.1) is 0 Å². The molecule has 8 heteroatoms. The zero-order valence-corrected chi connectivity index (χ0v) is 13.9. The fourth-order valence-electron chi connectivity index (χ4n) is 2.01. The van der Waals surface area contributed by atoms with E-state index in [1.807, 2.05) is 31.1 Å². The van der Waals surface area contributed by atoms with Crippen LogP contribution in [0.5, 0.6) is 0 Å². The van der Waals surface area contributed by atoms with Crippen LogP contribution in [0.15, 0.2) is 53.4 Å². The normalized spacial score (nSPS) is 12.2. The Labute approximate surface area is 139 Å². The van der Waals surface area contributed by atoms with Crippen LogP contribution < -0.4 is 9.62 Å². The van der Waals surface area contributed by atoms with Crippen molar-refractivity contribution in [1.82, 2.24) is 4.72 Å². The highest BCUT2D eigenvalue weighted by Gasteiger charge is 2.31. The third-order valence-corrected chi connectivity index (χ3v) is 4.79. The first-order valence-corrected chi connectivity index (χ1v) is 8.51. The predicted octanol–water partition coefficient (Wildman–Crippen LogP) is 3.25. The average Bonchev–Trinajstić information content (AvgIpc) is 2.53. The summed E-state index contributed by atoms with van der Waals surface area (Å²) >= 11 is 0. The van der Waals surface area contributed by atoms with Gasteiger partial charge in [-0.3, -0.25) is 0 Å². The standard InChI is InChI=1S/C16H17F3N2O2S/c1-21(2)14-8-6-12(7-9-14)11-20-24(22,23)15-5-3-4-13(10-15)16(17,18)19/h3-10,20H,11H2,1-2H3. The van der Waals surface area contributed by atoms with Crippen LogP contribution in [-0.4, -0.2) is 22.5 Å². The van der Waals surface area contributed by atoms with E-state index in [0.29, 0.717) is 11.6 Å². The molecular weight excluding hydrogens is 341 g/mol. The Kier molecular flexibility index (Phi) is 5.19. The van der Waals surface area contributed by atoms with Gasteiger partial charge in [-0.1, -0.05) is 18.2 Å². The van der Waals surface area contributed by atoms with E-state index in [1.54, 1.807) is 12.1 Å². The first-order valence-electron chi connectivity index (χ1n) is 7.03. The lowest BCUT2D eigenvalue weighted by atomic mass is 10.2. The smallest absolute Gasteiger partial charge is 0.378 e. The van der Waals surface area contributed by atoms with Crippen molar-refractivity contribution in [1.29, 1.82) is 0 Å². The molecule has 1 N–H and O–H groups in total. The summed E-state index contributed by atoms with van der Waals surface area (Å²) in [4.78, 5) is 1.48. The molecule has 0 aromatic heterocycles. The topological polar surface area (TPSA) is 49.4 Å². The van der Waals surface area contributed by atoms with E-state index in [-0.39, 0.29) is 6.54 Å². The van der Waals surface area contributed by atoms with Gasteiger partial charge in [0.05, 0.1) is 10.5 Å². The monoisotopic (exact) mass is 358 g/mol. The van der Waals surface area contributed by atoms with E-state index < -0.39 is 26.7 Å². The molecule has 24 heavy (non-hydrogen) atoms. The molecular formula is C16H17F3N2O2S. The molecule has 0 unspecified atom stereocenters. The van der Waals surface area contributed by atoms with Crippen molar-refractivity contribution in [3.05, 3.63) is 59.7 Å². The number of benzene rings is 2. The van der Waals surface area contributed by atoms with E-state index in [0.717, 1.165) is 23.9 Å². The Morgan fingerprint density at radius 3 is 2.21 bits per heavy atom. The SMILES string of the molecule is CN(C)c1ccc(CNS(=O)(=O)c2cccc(C(F)(F)F)c2)cc1. The van der Waals surface area contributed by atoms with Gasteiger partial charge in [-0.05, 0) is 35.9 Å². The Balaban J connectivity index is 2.14. The maximum Gasteiger partial charge on any atom is 0.416 e. The first-order chi connectivity index (χ1) is 11.1. The summed E-state index contributed by atoms with van der Waals surface area (Å²) in [5.41, 5.74) is 0.663. The van der Waals surface area contributed by atoms with Crippen molar-refractivity contribution < 1.29 is 21.6 Å².